The largest absolute Gasteiger partial charge is 0.494 e. The molecule has 1 N–H and O–H groups in total. The Morgan fingerprint density at radius 2 is 0.725 bits per heavy atom. The lowest BCUT2D eigenvalue weighted by Gasteiger charge is -2.34. The van der Waals surface area contributed by atoms with Crippen molar-refractivity contribution in [2.75, 3.05) is 98.2 Å². The smallest absolute Gasteiger partial charge is 0.405 e. The van der Waals surface area contributed by atoms with Crippen LogP contribution in [0.5, 0.6) is 0 Å². The molecule has 0 radical (unpaired) electrons. The van der Waals surface area contributed by atoms with Crippen molar-refractivity contribution >= 4 is 100 Å². The molecule has 0 aromatic heterocycles. The van der Waals surface area contributed by atoms with Gasteiger partial charge in [-0.05, 0) is 226 Å². The number of nitrogens with zero attached hydrogens (tertiary/aromatic N) is 5. The molecular formula is C59H96B3ClI2N6O9. The van der Waals surface area contributed by atoms with E-state index in [9.17, 15) is 14.4 Å². The molecule has 3 aromatic carbocycles. The zero-order chi connectivity index (χ0) is 57.9. The van der Waals surface area contributed by atoms with Gasteiger partial charge >= 0.3 is 21.1 Å². The number of carbonyl (C=O) groups is 3. The Morgan fingerprint density at radius 1 is 0.450 bits per heavy atom. The number of likely N-dealkylation sites (N-methyl/N-ethyl adjacent to an activating group) is 3. The topological polar surface area (TPSA) is 135 Å². The molecule has 6 fully saturated rings. The van der Waals surface area contributed by atoms with Crippen molar-refractivity contribution in [1.29, 1.82) is 0 Å². The van der Waals surface area contributed by atoms with Crippen molar-refractivity contribution in [3.63, 3.8) is 0 Å². The fraction of sp³-hybridized carbons (Fsp3) is 0.644. The van der Waals surface area contributed by atoms with Gasteiger partial charge in [0.15, 0.2) is 0 Å². The quantitative estimate of drug-likeness (QED) is 0.130. The summed E-state index contributed by atoms with van der Waals surface area (Å²) in [4.78, 5) is 46.5. The van der Waals surface area contributed by atoms with Crippen molar-refractivity contribution in [1.82, 2.24) is 29.8 Å². The second kappa shape index (κ2) is 31.3. The summed E-state index contributed by atoms with van der Waals surface area (Å²) in [6.07, 6.45) is 0. The highest BCUT2D eigenvalue weighted by molar-refractivity contribution is 14.1. The number of hydrogen-bond acceptors (Lipinski definition) is 13. The van der Waals surface area contributed by atoms with Crippen LogP contribution in [0.4, 0.5) is 0 Å². The Balaban J connectivity index is 0.000000274. The molecule has 15 nitrogen and oxygen atoms in total. The molecule has 6 saturated heterocycles. The van der Waals surface area contributed by atoms with E-state index >= 15 is 0 Å². The van der Waals surface area contributed by atoms with E-state index < -0.39 is 19.3 Å². The van der Waals surface area contributed by atoms with Gasteiger partial charge in [0.25, 0.3) is 17.1 Å². The number of hydrogen-bond donors (Lipinski definition) is 1. The van der Waals surface area contributed by atoms with E-state index in [4.69, 9.17) is 39.5 Å². The molecule has 0 spiro atoms. The zero-order valence-corrected chi connectivity index (χ0v) is 54.4. The van der Waals surface area contributed by atoms with E-state index in [0.29, 0.717) is 5.56 Å². The molecule has 6 aliphatic heterocycles. The van der Waals surface area contributed by atoms with Gasteiger partial charge in [0.05, 0.1) is 33.6 Å². The van der Waals surface area contributed by atoms with Crippen molar-refractivity contribution in [3.8, 4) is 0 Å². The lowest BCUT2D eigenvalue weighted by atomic mass is 9.49. The second-order valence-electron chi connectivity index (χ2n) is 23.4. The molecule has 446 valence electrons. The van der Waals surface area contributed by atoms with E-state index in [2.05, 4.69) is 86.0 Å². The summed E-state index contributed by atoms with van der Waals surface area (Å²) in [5.41, 5.74) is 0.870. The van der Waals surface area contributed by atoms with Crippen LogP contribution in [0.3, 0.4) is 0 Å². The normalized spacial score (nSPS) is 21.6. The predicted molar refractivity (Wildman–Crippen MR) is 347 cm³/mol. The highest BCUT2D eigenvalue weighted by Crippen LogP contribution is 2.43. The monoisotopic (exact) mass is 1350 g/mol. The third-order valence-corrected chi connectivity index (χ3v) is 18.1. The van der Waals surface area contributed by atoms with E-state index in [1.54, 1.807) is 12.1 Å². The van der Waals surface area contributed by atoms with Crippen LogP contribution in [0.1, 0.15) is 150 Å². The summed E-state index contributed by atoms with van der Waals surface area (Å²) in [5.74, 6) is 0.272. The molecule has 0 atom stereocenters. The fourth-order valence-electron chi connectivity index (χ4n) is 8.86. The summed E-state index contributed by atoms with van der Waals surface area (Å²) < 4.78 is 38.2. The van der Waals surface area contributed by atoms with Crippen LogP contribution in [0, 0.1) is 7.14 Å². The zero-order valence-electron chi connectivity index (χ0n) is 49.3. The molecule has 0 bridgehead atoms. The highest BCUT2D eigenvalue weighted by atomic mass is 127. The first-order chi connectivity index (χ1) is 36.4. The summed E-state index contributed by atoms with van der Waals surface area (Å²) >= 11 is 9.63. The lowest BCUT2D eigenvalue weighted by molar-refractivity contribution is 0.00578. The molecular weight excluding hydrogens is 1260 g/mol. The summed E-state index contributed by atoms with van der Waals surface area (Å²) in [6, 6.07) is 22.5. The molecule has 0 aliphatic carbocycles. The van der Waals surface area contributed by atoms with Gasteiger partial charge in [-0.15, -0.1) is 0 Å². The van der Waals surface area contributed by atoms with E-state index in [1.165, 1.54) is 32.7 Å². The van der Waals surface area contributed by atoms with Gasteiger partial charge in [-0.1, -0.05) is 47.8 Å². The van der Waals surface area contributed by atoms with Crippen LogP contribution in [0.25, 0.3) is 0 Å². The van der Waals surface area contributed by atoms with Gasteiger partial charge in [0.1, 0.15) is 0 Å². The number of carbonyl (C=O) groups excluding carboxylic acids is 3. The van der Waals surface area contributed by atoms with Gasteiger partial charge in [0, 0.05) is 102 Å². The molecule has 21 heteroatoms. The third-order valence-electron chi connectivity index (χ3n) is 16.5. The maximum absolute atomic E-state index is 12.7. The first kappa shape index (κ1) is 72.1. The number of amides is 2. The number of halogens is 3. The fourth-order valence-corrected chi connectivity index (χ4v) is 9.71. The molecule has 80 heavy (non-hydrogen) atoms. The van der Waals surface area contributed by atoms with Gasteiger partial charge in [-0.3, -0.25) is 14.4 Å². The maximum Gasteiger partial charge on any atom is 0.494 e. The lowest BCUT2D eigenvalue weighted by Crippen LogP contribution is -2.48. The van der Waals surface area contributed by atoms with Gasteiger partial charge < -0.3 is 57.7 Å². The minimum atomic E-state index is -0.476. The average molecular weight is 1360 g/mol. The van der Waals surface area contributed by atoms with Crippen LogP contribution < -0.4 is 10.8 Å². The Bertz CT molecular complexity index is 2300. The van der Waals surface area contributed by atoms with Crippen LogP contribution >= 0.6 is 56.8 Å². The number of nitrogens with one attached hydrogen (secondary N) is 1. The van der Waals surface area contributed by atoms with Crippen molar-refractivity contribution in [2.45, 2.75) is 152 Å². The predicted octanol–water partition coefficient (Wildman–Crippen LogP) is 9.94. The summed E-state index contributed by atoms with van der Waals surface area (Å²) in [7, 11) is -1.34. The van der Waals surface area contributed by atoms with Crippen molar-refractivity contribution < 1.29 is 42.3 Å². The number of piperazine rings is 3. The Labute approximate surface area is 516 Å². The first-order valence-corrected chi connectivity index (χ1v) is 30.3. The van der Waals surface area contributed by atoms with Crippen LogP contribution in [0.15, 0.2) is 72.8 Å². The van der Waals surface area contributed by atoms with Gasteiger partial charge in [-0.2, -0.15) is 0 Å². The maximum atomic E-state index is 12.7. The SMILES string of the molecule is C.C.CC1(C)OB(B2OC(C)(C)C(C)(C)O2)OC1(C)C.CCN1CCN(C(=O)c2ccc(B3OC(C)(C)C(C)(C)O3)cc2)CC1.CCN1CCN(C(=O)c2ccc(I)cc2)CC1.CCN1CCNCC1.O=C(Cl)c1ccc(I)cc1. The highest BCUT2D eigenvalue weighted by Gasteiger charge is 2.63. The Hall–Kier alpha value is -2.19. The average Bonchev–Trinajstić information content (AvgIpc) is 3.94. The molecule has 6 aliphatic rings. The minimum absolute atomic E-state index is 0. The van der Waals surface area contributed by atoms with E-state index in [0.717, 1.165) is 89.2 Å². The van der Waals surface area contributed by atoms with Crippen LogP contribution in [-0.4, -0.2) is 194 Å². The standard InChI is InChI=1S/C19H29BN2O3.C13H17IN2O.C12H24B2O4.C7H4ClIO.C6H14N2.2CH4/c1-6-21-11-13-22(14-12-21)17(23)15-7-9-16(10-8-15)20-24-18(2,3)19(4,5)25-20;1-2-15-7-9-16(10-8-15)13(17)11-3-5-12(14)6-4-11;1-9(2)10(3,4)16-13(15-9)14-17-11(5,6)12(7,8)18-14;8-7(10)5-1-3-6(9)4-2-5;1-2-8-5-3-7-4-6-8;;/h7-10H,6,11-14H2,1-5H3;3-6H,2,7-10H2,1H3;1-8H3;1-4H;7H,2-6H2,1H3;2*1H4. The van der Waals surface area contributed by atoms with Crippen molar-refractivity contribution in [2.24, 2.45) is 0 Å². The molecule has 9 rings (SSSR count). The molecule has 0 saturated carbocycles. The van der Waals surface area contributed by atoms with Crippen LogP contribution in [0.2, 0.25) is 0 Å². The Kier molecular flexibility index (Phi) is 28.2. The molecule has 0 unspecified atom stereocenters. The molecule has 2 amide bonds. The third kappa shape index (κ3) is 19.7. The molecule has 6 heterocycles. The minimum Gasteiger partial charge on any atom is -0.405 e. The molecule has 3 aromatic rings. The number of benzene rings is 3. The van der Waals surface area contributed by atoms with Crippen molar-refractivity contribution in [3.05, 3.63) is 96.6 Å². The first-order valence-electron chi connectivity index (χ1n) is 27.8. The number of rotatable bonds is 8. The van der Waals surface area contributed by atoms with Gasteiger partial charge in [0.2, 0.25) is 0 Å². The summed E-state index contributed by atoms with van der Waals surface area (Å²) in [6.45, 7) is 46.2. The van der Waals surface area contributed by atoms with E-state index in [1.807, 2.05) is 154 Å². The van der Waals surface area contributed by atoms with E-state index in [-0.39, 0.29) is 67.4 Å². The summed E-state index contributed by atoms with van der Waals surface area (Å²) in [5, 5.41) is 2.90. The Morgan fingerprint density at radius 3 is 1.01 bits per heavy atom. The van der Waals surface area contributed by atoms with Gasteiger partial charge in [-0.25, -0.2) is 0 Å². The second-order valence-corrected chi connectivity index (χ2v) is 26.2. The van der Waals surface area contributed by atoms with Crippen LogP contribution in [-0.2, 0) is 27.9 Å².